The minimum atomic E-state index is -0.226. The normalized spacial score (nSPS) is 15.8. The van der Waals surface area contributed by atoms with E-state index in [1.54, 1.807) is 19.2 Å². The number of nitrogens with one attached hydrogen (secondary N) is 1. The van der Waals surface area contributed by atoms with Crippen LogP contribution in [0, 0.1) is 0 Å². The van der Waals surface area contributed by atoms with E-state index < -0.39 is 0 Å². The summed E-state index contributed by atoms with van der Waals surface area (Å²) < 4.78 is 5.33. The van der Waals surface area contributed by atoms with Crippen LogP contribution < -0.4 is 4.74 Å². The van der Waals surface area contributed by atoms with Gasteiger partial charge in [0.05, 0.1) is 23.7 Å². The maximum Gasteiger partial charge on any atom is 0.256 e. The van der Waals surface area contributed by atoms with Crippen molar-refractivity contribution < 1.29 is 9.53 Å². The Kier molecular flexibility index (Phi) is 4.72. The highest BCUT2D eigenvalue weighted by atomic mass is 35.5. The van der Waals surface area contributed by atoms with Gasteiger partial charge in [0.2, 0.25) is 0 Å². The maximum atomic E-state index is 13.6. The molecule has 1 N–H and O–H groups in total. The number of hydrogen-bond donors (Lipinski definition) is 1. The number of rotatable bonds is 3. The summed E-state index contributed by atoms with van der Waals surface area (Å²) in [5, 5.41) is 1.69. The van der Waals surface area contributed by atoms with Crippen LogP contribution in [0.1, 0.15) is 33.2 Å². The Morgan fingerprint density at radius 2 is 1.77 bits per heavy atom. The highest BCUT2D eigenvalue weighted by Gasteiger charge is 2.35. The SMILES string of the molecule is COc1ccc([C@@H]2c3[nH]c4ccccc4c3CCN2C(=O)c2ccccc2Cl)cc1. The predicted molar refractivity (Wildman–Crippen MR) is 119 cm³/mol. The van der Waals surface area contributed by atoms with E-state index in [4.69, 9.17) is 16.3 Å². The number of methoxy groups -OCH3 is 1. The number of carbonyl (C=O) groups is 1. The molecule has 150 valence electrons. The molecule has 4 nitrogen and oxygen atoms in total. The highest BCUT2D eigenvalue weighted by Crippen LogP contribution is 2.39. The molecule has 1 aliphatic heterocycles. The number of aromatic nitrogens is 1. The van der Waals surface area contributed by atoms with Gasteiger partial charge in [0.25, 0.3) is 5.91 Å². The zero-order chi connectivity index (χ0) is 20.7. The third-order valence-electron chi connectivity index (χ3n) is 5.83. The monoisotopic (exact) mass is 416 g/mol. The van der Waals surface area contributed by atoms with E-state index in [0.29, 0.717) is 17.1 Å². The van der Waals surface area contributed by atoms with Crippen molar-refractivity contribution in [2.45, 2.75) is 12.5 Å². The molecule has 1 atom stereocenters. The quantitative estimate of drug-likeness (QED) is 0.471. The fourth-order valence-electron chi connectivity index (χ4n) is 4.38. The van der Waals surface area contributed by atoms with E-state index in [1.165, 1.54) is 10.9 Å². The van der Waals surface area contributed by atoms with Gasteiger partial charge in [-0.15, -0.1) is 0 Å². The largest absolute Gasteiger partial charge is 0.497 e. The molecule has 0 fully saturated rings. The van der Waals surface area contributed by atoms with E-state index >= 15 is 0 Å². The lowest BCUT2D eigenvalue weighted by atomic mass is 9.91. The molecule has 4 aromatic rings. The second kappa shape index (κ2) is 7.54. The molecule has 0 bridgehead atoms. The lowest BCUT2D eigenvalue weighted by Gasteiger charge is -2.36. The first-order chi connectivity index (χ1) is 14.7. The van der Waals surface area contributed by atoms with Crippen molar-refractivity contribution in [2.24, 2.45) is 0 Å². The van der Waals surface area contributed by atoms with Crippen LogP contribution in [0.25, 0.3) is 10.9 Å². The molecular weight excluding hydrogens is 396 g/mol. The van der Waals surface area contributed by atoms with E-state index in [-0.39, 0.29) is 11.9 Å². The van der Waals surface area contributed by atoms with Gasteiger partial charge in [-0.2, -0.15) is 0 Å². The molecule has 0 aliphatic carbocycles. The van der Waals surface area contributed by atoms with E-state index in [9.17, 15) is 4.79 Å². The fourth-order valence-corrected chi connectivity index (χ4v) is 4.60. The Hall–Kier alpha value is -3.24. The summed E-state index contributed by atoms with van der Waals surface area (Å²) in [4.78, 5) is 19.1. The van der Waals surface area contributed by atoms with Crippen LogP contribution in [-0.4, -0.2) is 29.4 Å². The standard InChI is InChI=1S/C25H21ClN2O2/c1-30-17-12-10-16(11-13-17)24-23-19(18-6-3-5-9-22(18)27-23)14-15-28(24)25(29)20-7-2-4-8-21(20)26/h2-13,24,27H,14-15H2,1H3/t24-/m1/s1. The van der Waals surface area contributed by atoms with Crippen LogP contribution in [-0.2, 0) is 6.42 Å². The lowest BCUT2D eigenvalue weighted by Crippen LogP contribution is -2.40. The minimum absolute atomic E-state index is 0.0641. The van der Waals surface area contributed by atoms with Crippen LogP contribution in [0.5, 0.6) is 5.75 Å². The number of fused-ring (bicyclic) bond motifs is 3. The smallest absolute Gasteiger partial charge is 0.256 e. The zero-order valence-electron chi connectivity index (χ0n) is 16.6. The molecule has 5 rings (SSSR count). The third-order valence-corrected chi connectivity index (χ3v) is 6.16. The van der Waals surface area contributed by atoms with Gasteiger partial charge in [0.1, 0.15) is 5.75 Å². The number of ether oxygens (including phenoxy) is 1. The first-order valence-corrected chi connectivity index (χ1v) is 10.3. The zero-order valence-corrected chi connectivity index (χ0v) is 17.3. The number of H-pyrrole nitrogens is 1. The topological polar surface area (TPSA) is 45.3 Å². The molecule has 1 aromatic heterocycles. The van der Waals surface area contributed by atoms with Gasteiger partial charge in [-0.3, -0.25) is 4.79 Å². The number of aromatic amines is 1. The molecule has 1 aliphatic rings. The number of para-hydroxylation sites is 1. The Morgan fingerprint density at radius 1 is 1.03 bits per heavy atom. The predicted octanol–water partition coefficient (Wildman–Crippen LogP) is 5.62. The van der Waals surface area contributed by atoms with Gasteiger partial charge in [-0.05, 0) is 47.9 Å². The summed E-state index contributed by atoms with van der Waals surface area (Å²) in [6, 6.07) is 23.2. The summed E-state index contributed by atoms with van der Waals surface area (Å²) in [5.74, 6) is 0.723. The molecule has 3 aromatic carbocycles. The van der Waals surface area contributed by atoms with Crippen LogP contribution >= 0.6 is 11.6 Å². The maximum absolute atomic E-state index is 13.6. The van der Waals surface area contributed by atoms with Crippen molar-refractivity contribution in [3.05, 3.63) is 100 Å². The average molecular weight is 417 g/mol. The molecule has 1 amide bonds. The highest BCUT2D eigenvalue weighted by molar-refractivity contribution is 6.33. The molecule has 0 saturated heterocycles. The number of amides is 1. The van der Waals surface area contributed by atoms with Crippen LogP contribution in [0.4, 0.5) is 0 Å². The van der Waals surface area contributed by atoms with Gasteiger partial charge in [-0.1, -0.05) is 54.1 Å². The van der Waals surface area contributed by atoms with Crippen molar-refractivity contribution in [2.75, 3.05) is 13.7 Å². The van der Waals surface area contributed by atoms with Crippen molar-refractivity contribution in [1.29, 1.82) is 0 Å². The minimum Gasteiger partial charge on any atom is -0.497 e. The average Bonchev–Trinajstić information content (AvgIpc) is 3.17. The molecule has 2 heterocycles. The summed E-state index contributed by atoms with van der Waals surface area (Å²) in [5.41, 5.74) is 4.98. The molecule has 0 spiro atoms. The summed E-state index contributed by atoms with van der Waals surface area (Å²) in [6.45, 7) is 0.621. The van der Waals surface area contributed by atoms with Gasteiger partial charge in [0, 0.05) is 23.1 Å². The molecular formula is C25H21ClN2O2. The number of carbonyl (C=O) groups excluding carboxylic acids is 1. The Balaban J connectivity index is 1.66. The van der Waals surface area contributed by atoms with Gasteiger partial charge < -0.3 is 14.6 Å². The second-order valence-corrected chi connectivity index (χ2v) is 7.87. The van der Waals surface area contributed by atoms with Crippen molar-refractivity contribution in [3.8, 4) is 5.75 Å². The Morgan fingerprint density at radius 3 is 2.53 bits per heavy atom. The molecule has 0 saturated carbocycles. The first-order valence-electron chi connectivity index (χ1n) is 9.96. The van der Waals surface area contributed by atoms with Crippen molar-refractivity contribution >= 4 is 28.4 Å². The Bertz CT molecular complexity index is 1230. The fraction of sp³-hybridized carbons (Fsp3) is 0.160. The van der Waals surface area contributed by atoms with Gasteiger partial charge in [0.15, 0.2) is 0 Å². The van der Waals surface area contributed by atoms with Crippen LogP contribution in [0.15, 0.2) is 72.8 Å². The number of hydrogen-bond acceptors (Lipinski definition) is 2. The Labute approximate surface area is 180 Å². The van der Waals surface area contributed by atoms with Gasteiger partial charge in [-0.25, -0.2) is 0 Å². The van der Waals surface area contributed by atoms with Gasteiger partial charge >= 0.3 is 0 Å². The molecule has 0 unspecified atom stereocenters. The third kappa shape index (κ3) is 3.04. The summed E-state index contributed by atoms with van der Waals surface area (Å²) in [6.07, 6.45) is 0.794. The molecule has 0 radical (unpaired) electrons. The van der Waals surface area contributed by atoms with E-state index in [0.717, 1.165) is 28.9 Å². The van der Waals surface area contributed by atoms with Crippen molar-refractivity contribution in [3.63, 3.8) is 0 Å². The summed E-state index contributed by atoms with van der Waals surface area (Å²) >= 11 is 6.36. The number of benzene rings is 3. The summed E-state index contributed by atoms with van der Waals surface area (Å²) in [7, 11) is 1.65. The van der Waals surface area contributed by atoms with Crippen LogP contribution in [0.2, 0.25) is 5.02 Å². The number of halogens is 1. The van der Waals surface area contributed by atoms with Crippen molar-refractivity contribution in [1.82, 2.24) is 9.88 Å². The lowest BCUT2D eigenvalue weighted by molar-refractivity contribution is 0.0692. The van der Waals surface area contributed by atoms with Crippen LogP contribution in [0.3, 0.4) is 0 Å². The number of nitrogens with zero attached hydrogens (tertiary/aromatic N) is 1. The first kappa shape index (κ1) is 18.8. The molecule has 5 heteroatoms. The second-order valence-electron chi connectivity index (χ2n) is 7.47. The molecule has 30 heavy (non-hydrogen) atoms. The van der Waals surface area contributed by atoms with E-state index in [1.807, 2.05) is 47.4 Å². The van der Waals surface area contributed by atoms with E-state index in [2.05, 4.69) is 23.2 Å².